The molecule has 0 spiro atoms. The Hall–Kier alpha value is -2.11. The maximum absolute atomic E-state index is 12.4. The second kappa shape index (κ2) is 5.90. The number of pyridine rings is 1. The minimum Gasteiger partial charge on any atom is -0.342 e. The number of rotatable bonds is 5. The monoisotopic (exact) mass is 276 g/mol. The van der Waals surface area contributed by atoms with Crippen LogP contribution >= 0.6 is 0 Å². The summed E-state index contributed by atoms with van der Waals surface area (Å²) in [6.45, 7) is 7.66. The van der Waals surface area contributed by atoms with Crippen LogP contribution in [-0.4, -0.2) is 38.0 Å². The number of hydrogen-bond acceptors (Lipinski definition) is 3. The van der Waals surface area contributed by atoms with E-state index in [1.807, 2.05) is 26.8 Å². The third-order valence-corrected chi connectivity index (χ3v) is 3.50. The zero-order valence-electron chi connectivity index (χ0n) is 12.2. The van der Waals surface area contributed by atoms with Gasteiger partial charge in [0, 0.05) is 25.8 Å². The third-order valence-electron chi connectivity index (χ3n) is 3.50. The Morgan fingerprint density at radius 1 is 1.25 bits per heavy atom. The van der Waals surface area contributed by atoms with Crippen LogP contribution in [0.3, 0.4) is 0 Å². The number of likely N-dealkylation sites (N-methyl/N-ethyl adjacent to an activating group) is 1. The molecule has 0 unspecified atom stereocenters. The van der Waals surface area contributed by atoms with Gasteiger partial charge in [0.25, 0.3) is 0 Å². The average molecular weight is 276 g/mol. The lowest BCUT2D eigenvalue weighted by Gasteiger charge is -2.18. The van der Waals surface area contributed by atoms with E-state index >= 15 is 0 Å². The fourth-order valence-electron chi connectivity index (χ4n) is 2.40. The van der Waals surface area contributed by atoms with Crippen molar-refractivity contribution in [2.24, 2.45) is 0 Å². The van der Waals surface area contributed by atoms with Gasteiger partial charge in [-0.05, 0) is 32.9 Å². The molecule has 0 radical (unpaired) electrons. The van der Waals surface area contributed by atoms with Crippen LogP contribution < -0.4 is 5.69 Å². The fraction of sp³-hybridized carbons (Fsp3) is 0.500. The van der Waals surface area contributed by atoms with Gasteiger partial charge in [-0.3, -0.25) is 13.9 Å². The summed E-state index contributed by atoms with van der Waals surface area (Å²) in [6, 6.07) is 3.60. The molecule has 0 aliphatic heterocycles. The predicted molar refractivity (Wildman–Crippen MR) is 77.6 cm³/mol. The molecule has 0 aliphatic carbocycles. The van der Waals surface area contributed by atoms with Crippen LogP contribution in [-0.2, 0) is 17.9 Å². The van der Waals surface area contributed by atoms with Gasteiger partial charge in [0.05, 0.1) is 5.52 Å². The molecule has 108 valence electrons. The first-order valence-corrected chi connectivity index (χ1v) is 6.95. The molecule has 0 aliphatic rings. The van der Waals surface area contributed by atoms with Crippen molar-refractivity contribution in [3.05, 3.63) is 28.8 Å². The normalized spacial score (nSPS) is 10.9. The van der Waals surface area contributed by atoms with E-state index in [1.165, 1.54) is 4.57 Å². The summed E-state index contributed by atoms with van der Waals surface area (Å²) >= 11 is 0. The Labute approximate surface area is 117 Å². The average Bonchev–Trinajstić information content (AvgIpc) is 2.73. The molecule has 2 heterocycles. The van der Waals surface area contributed by atoms with Crippen molar-refractivity contribution in [3.8, 4) is 0 Å². The smallest absolute Gasteiger partial charge is 0.330 e. The minimum atomic E-state index is -0.179. The maximum Gasteiger partial charge on any atom is 0.330 e. The molecule has 2 rings (SSSR count). The molecule has 0 aromatic carbocycles. The van der Waals surface area contributed by atoms with E-state index in [-0.39, 0.29) is 18.1 Å². The number of aryl methyl sites for hydroxylation is 1. The maximum atomic E-state index is 12.4. The molecule has 0 saturated heterocycles. The number of imidazole rings is 1. The summed E-state index contributed by atoms with van der Waals surface area (Å²) in [5, 5.41) is 0. The SMILES string of the molecule is CCN(CC)C(=O)Cn1c(=O)n(CC)c2ncccc21. The van der Waals surface area contributed by atoms with Crippen LogP contribution in [0.4, 0.5) is 0 Å². The van der Waals surface area contributed by atoms with E-state index in [4.69, 9.17) is 0 Å². The Morgan fingerprint density at radius 2 is 1.95 bits per heavy atom. The predicted octanol–water partition coefficient (Wildman–Crippen LogP) is 1.09. The summed E-state index contributed by atoms with van der Waals surface area (Å²) in [4.78, 5) is 30.5. The van der Waals surface area contributed by atoms with Gasteiger partial charge in [-0.25, -0.2) is 9.78 Å². The van der Waals surface area contributed by atoms with Crippen molar-refractivity contribution >= 4 is 17.1 Å². The van der Waals surface area contributed by atoms with Crippen molar-refractivity contribution in [2.75, 3.05) is 13.1 Å². The lowest BCUT2D eigenvalue weighted by molar-refractivity contribution is -0.131. The zero-order valence-corrected chi connectivity index (χ0v) is 12.2. The van der Waals surface area contributed by atoms with Gasteiger partial charge in [0.2, 0.25) is 5.91 Å². The van der Waals surface area contributed by atoms with Crippen molar-refractivity contribution in [3.63, 3.8) is 0 Å². The number of hydrogen-bond donors (Lipinski definition) is 0. The van der Waals surface area contributed by atoms with Gasteiger partial charge in [-0.15, -0.1) is 0 Å². The largest absolute Gasteiger partial charge is 0.342 e. The minimum absolute atomic E-state index is 0.0453. The first kappa shape index (κ1) is 14.3. The molecular formula is C14H20N4O2. The first-order valence-electron chi connectivity index (χ1n) is 6.95. The van der Waals surface area contributed by atoms with Crippen molar-refractivity contribution in [2.45, 2.75) is 33.9 Å². The van der Waals surface area contributed by atoms with Gasteiger partial charge in [-0.2, -0.15) is 0 Å². The second-order valence-corrected chi connectivity index (χ2v) is 4.53. The number of carbonyl (C=O) groups is 1. The molecule has 0 bridgehead atoms. The van der Waals surface area contributed by atoms with E-state index in [2.05, 4.69) is 4.98 Å². The second-order valence-electron chi connectivity index (χ2n) is 4.53. The van der Waals surface area contributed by atoms with Gasteiger partial charge in [0.1, 0.15) is 6.54 Å². The van der Waals surface area contributed by atoms with Gasteiger partial charge < -0.3 is 4.90 Å². The van der Waals surface area contributed by atoms with Crippen molar-refractivity contribution in [1.82, 2.24) is 19.0 Å². The Kier molecular flexibility index (Phi) is 4.22. The topological polar surface area (TPSA) is 60.1 Å². The highest BCUT2D eigenvalue weighted by Crippen LogP contribution is 2.10. The van der Waals surface area contributed by atoms with Crippen LogP contribution in [0.1, 0.15) is 20.8 Å². The van der Waals surface area contributed by atoms with Crippen LogP contribution in [0.25, 0.3) is 11.2 Å². The van der Waals surface area contributed by atoms with Gasteiger partial charge in [0.15, 0.2) is 5.65 Å². The number of fused-ring (bicyclic) bond motifs is 1. The number of nitrogens with zero attached hydrogens (tertiary/aromatic N) is 4. The van der Waals surface area contributed by atoms with E-state index in [9.17, 15) is 9.59 Å². The lowest BCUT2D eigenvalue weighted by Crippen LogP contribution is -2.36. The van der Waals surface area contributed by atoms with E-state index in [0.29, 0.717) is 30.8 Å². The quantitative estimate of drug-likeness (QED) is 0.821. The molecular weight excluding hydrogens is 256 g/mol. The van der Waals surface area contributed by atoms with Crippen molar-refractivity contribution in [1.29, 1.82) is 0 Å². The summed E-state index contributed by atoms with van der Waals surface area (Å²) < 4.78 is 3.09. The molecule has 6 nitrogen and oxygen atoms in total. The number of amides is 1. The van der Waals surface area contributed by atoms with Gasteiger partial charge in [-0.1, -0.05) is 0 Å². The summed E-state index contributed by atoms with van der Waals surface area (Å²) in [5.41, 5.74) is 1.16. The first-order chi connectivity index (χ1) is 9.63. The van der Waals surface area contributed by atoms with E-state index < -0.39 is 0 Å². The standard InChI is InChI=1S/C14H20N4O2/c1-4-16(5-2)12(19)10-18-11-8-7-9-15-13(11)17(6-3)14(18)20/h7-9H,4-6,10H2,1-3H3. The lowest BCUT2D eigenvalue weighted by atomic mass is 10.4. The highest BCUT2D eigenvalue weighted by Gasteiger charge is 2.17. The van der Waals surface area contributed by atoms with Crippen molar-refractivity contribution < 1.29 is 4.79 Å². The Balaban J connectivity index is 2.47. The van der Waals surface area contributed by atoms with Crippen LogP contribution in [0.15, 0.2) is 23.1 Å². The van der Waals surface area contributed by atoms with Crippen LogP contribution in [0, 0.1) is 0 Å². The molecule has 6 heteroatoms. The molecule has 0 N–H and O–H groups in total. The molecule has 0 atom stereocenters. The van der Waals surface area contributed by atoms with Gasteiger partial charge >= 0.3 is 5.69 Å². The molecule has 0 fully saturated rings. The summed E-state index contributed by atoms with van der Waals surface area (Å²) in [7, 11) is 0. The summed E-state index contributed by atoms with van der Waals surface area (Å²) in [5.74, 6) is -0.0453. The number of aromatic nitrogens is 3. The molecule has 2 aromatic heterocycles. The summed E-state index contributed by atoms with van der Waals surface area (Å²) in [6.07, 6.45) is 1.66. The molecule has 1 amide bonds. The van der Waals surface area contributed by atoms with Crippen LogP contribution in [0.5, 0.6) is 0 Å². The molecule has 0 saturated carbocycles. The highest BCUT2D eigenvalue weighted by molar-refractivity contribution is 5.79. The Morgan fingerprint density at radius 3 is 2.55 bits per heavy atom. The third kappa shape index (κ3) is 2.33. The zero-order chi connectivity index (χ0) is 14.7. The van der Waals surface area contributed by atoms with E-state index in [1.54, 1.807) is 21.7 Å². The highest BCUT2D eigenvalue weighted by atomic mass is 16.2. The fourth-order valence-corrected chi connectivity index (χ4v) is 2.40. The number of carbonyl (C=O) groups excluding carboxylic acids is 1. The molecule has 20 heavy (non-hydrogen) atoms. The van der Waals surface area contributed by atoms with E-state index in [0.717, 1.165) is 0 Å². The van der Waals surface area contributed by atoms with Crippen LogP contribution in [0.2, 0.25) is 0 Å². The molecule has 2 aromatic rings. The Bertz CT molecular complexity index is 667.